The fraction of sp³-hybridized carbons (Fsp3) is 0.520. The van der Waals surface area contributed by atoms with Crippen LogP contribution >= 0.6 is 0 Å². The molecule has 4 heterocycles. The van der Waals surface area contributed by atoms with E-state index in [0.717, 1.165) is 16.7 Å². The van der Waals surface area contributed by atoms with Gasteiger partial charge in [0.25, 0.3) is 5.91 Å². The van der Waals surface area contributed by atoms with Gasteiger partial charge in [-0.3, -0.25) is 19.7 Å². The number of benzene rings is 1. The lowest BCUT2D eigenvalue weighted by Crippen LogP contribution is -2.55. The molecule has 2 fully saturated rings. The fourth-order valence-electron chi connectivity index (χ4n) is 5.26. The number of nitrogens with one attached hydrogen (secondary N) is 2. The number of rotatable bonds is 1. The second kappa shape index (κ2) is 7.85. The molecule has 1 spiro atoms. The van der Waals surface area contributed by atoms with Gasteiger partial charge in [-0.2, -0.15) is 0 Å². The van der Waals surface area contributed by atoms with Gasteiger partial charge in [0.1, 0.15) is 17.0 Å². The third-order valence-electron chi connectivity index (χ3n) is 6.93. The van der Waals surface area contributed by atoms with Crippen molar-refractivity contribution in [1.29, 1.82) is 0 Å². The van der Waals surface area contributed by atoms with Crippen molar-refractivity contribution in [3.05, 3.63) is 34.4 Å². The summed E-state index contributed by atoms with van der Waals surface area (Å²) in [6.07, 6.45) is 3.24. The fourth-order valence-corrected chi connectivity index (χ4v) is 5.26. The molecule has 0 aromatic heterocycles. The minimum Gasteiger partial charge on any atom is -0.482 e. The van der Waals surface area contributed by atoms with Crippen molar-refractivity contribution in [2.75, 3.05) is 13.1 Å². The summed E-state index contributed by atoms with van der Waals surface area (Å²) in [6.45, 7) is 6.69. The molecule has 34 heavy (non-hydrogen) atoms. The average Bonchev–Trinajstić information content (AvgIpc) is 3.14. The lowest BCUT2D eigenvalue weighted by molar-refractivity contribution is -0.136. The summed E-state index contributed by atoms with van der Waals surface area (Å²) in [5.41, 5.74) is 1.65. The molecular weight excluding hydrogens is 438 g/mol. The Balaban J connectivity index is 1.50. The number of ether oxygens (including phenoxy) is 2. The molecule has 180 valence electrons. The number of carbonyl (C=O) groups is 4. The van der Waals surface area contributed by atoms with Crippen LogP contribution in [0.1, 0.15) is 67.9 Å². The van der Waals surface area contributed by atoms with E-state index in [1.54, 1.807) is 11.0 Å². The van der Waals surface area contributed by atoms with Crippen LogP contribution in [0, 0.1) is 5.92 Å². The molecule has 0 saturated carbocycles. The van der Waals surface area contributed by atoms with Gasteiger partial charge in [-0.1, -0.05) is 6.07 Å². The van der Waals surface area contributed by atoms with Crippen molar-refractivity contribution in [1.82, 2.24) is 15.5 Å². The van der Waals surface area contributed by atoms with E-state index in [4.69, 9.17) is 9.47 Å². The number of nitrogens with zero attached hydrogens (tertiary/aromatic N) is 1. The third-order valence-corrected chi connectivity index (χ3v) is 6.93. The van der Waals surface area contributed by atoms with Crippen molar-refractivity contribution < 1.29 is 28.7 Å². The van der Waals surface area contributed by atoms with Crippen molar-refractivity contribution in [3.8, 4) is 5.75 Å². The molecule has 2 saturated heterocycles. The second-order valence-corrected chi connectivity index (χ2v) is 10.4. The summed E-state index contributed by atoms with van der Waals surface area (Å²) in [5.74, 6) is -0.559. The monoisotopic (exact) mass is 467 g/mol. The topological polar surface area (TPSA) is 114 Å². The van der Waals surface area contributed by atoms with E-state index in [-0.39, 0.29) is 30.2 Å². The summed E-state index contributed by atoms with van der Waals surface area (Å²) in [4.78, 5) is 51.1. The van der Waals surface area contributed by atoms with Crippen molar-refractivity contribution in [2.45, 2.75) is 64.2 Å². The molecule has 1 aromatic carbocycles. The molecular formula is C25H29N3O6. The Bertz CT molecular complexity index is 1120. The minimum atomic E-state index is -0.811. The maximum absolute atomic E-state index is 12.8. The summed E-state index contributed by atoms with van der Waals surface area (Å²) in [6, 6.07) is 3.62. The summed E-state index contributed by atoms with van der Waals surface area (Å²) in [7, 11) is 0. The summed E-state index contributed by atoms with van der Waals surface area (Å²) in [5, 5.41) is 5.31. The van der Waals surface area contributed by atoms with Crippen LogP contribution in [0.15, 0.2) is 17.7 Å². The van der Waals surface area contributed by atoms with Crippen LogP contribution in [-0.4, -0.2) is 53.0 Å². The number of fused-ring (bicyclic) bond motifs is 3. The van der Waals surface area contributed by atoms with Gasteiger partial charge in [0.2, 0.25) is 11.8 Å². The highest BCUT2D eigenvalue weighted by atomic mass is 16.6. The Labute approximate surface area is 197 Å². The smallest absolute Gasteiger partial charge is 0.410 e. The van der Waals surface area contributed by atoms with E-state index in [2.05, 4.69) is 10.6 Å². The predicted octanol–water partition coefficient (Wildman–Crippen LogP) is 2.53. The first-order valence-electron chi connectivity index (χ1n) is 11.7. The highest BCUT2D eigenvalue weighted by molar-refractivity contribution is 6.01. The number of piperidine rings is 2. The lowest BCUT2D eigenvalue weighted by Gasteiger charge is -2.47. The zero-order valence-corrected chi connectivity index (χ0v) is 19.7. The summed E-state index contributed by atoms with van der Waals surface area (Å²) >= 11 is 0. The van der Waals surface area contributed by atoms with Gasteiger partial charge < -0.3 is 19.7 Å². The Hall–Kier alpha value is -3.36. The number of imide groups is 1. The number of amides is 4. The van der Waals surface area contributed by atoms with Crippen LogP contribution in [0.4, 0.5) is 4.79 Å². The molecule has 1 aromatic rings. The zero-order chi connectivity index (χ0) is 24.3. The van der Waals surface area contributed by atoms with E-state index in [1.165, 1.54) is 0 Å². The van der Waals surface area contributed by atoms with E-state index >= 15 is 0 Å². The highest BCUT2D eigenvalue weighted by Gasteiger charge is 2.49. The van der Waals surface area contributed by atoms with Crippen LogP contribution in [-0.2, 0) is 20.9 Å². The van der Waals surface area contributed by atoms with Gasteiger partial charge in [0.05, 0.1) is 5.92 Å². The average molecular weight is 468 g/mol. The Morgan fingerprint density at radius 1 is 1.18 bits per heavy atom. The molecule has 0 bridgehead atoms. The first-order valence-corrected chi connectivity index (χ1v) is 11.7. The quantitative estimate of drug-likeness (QED) is 0.614. The van der Waals surface area contributed by atoms with Gasteiger partial charge in [-0.15, -0.1) is 0 Å². The molecule has 4 aliphatic heterocycles. The molecule has 4 amide bonds. The van der Waals surface area contributed by atoms with E-state index in [0.29, 0.717) is 50.2 Å². The molecule has 5 rings (SSSR count). The molecule has 9 heteroatoms. The third kappa shape index (κ3) is 3.82. The van der Waals surface area contributed by atoms with Crippen LogP contribution in [0.3, 0.4) is 0 Å². The van der Waals surface area contributed by atoms with E-state index < -0.39 is 17.1 Å². The second-order valence-electron chi connectivity index (χ2n) is 10.4. The standard InChI is InChI=1S/C25H29N3O6/c1-24(2,3)34-23(32)28-10-8-25(9-11-28)18(16-6-7-19(29)27-22(16)31)12-14-4-5-15-17(20(14)33-25)13-26-21(15)30/h4-5,12,16H,6-11,13H2,1-3H3,(H,26,30)(H,27,29,31). The van der Waals surface area contributed by atoms with Gasteiger partial charge in [-0.05, 0) is 44.9 Å². The highest BCUT2D eigenvalue weighted by Crippen LogP contribution is 2.48. The molecule has 2 N–H and O–H groups in total. The number of hydrogen-bond acceptors (Lipinski definition) is 6. The number of likely N-dealkylation sites (tertiary alicyclic amines) is 1. The molecule has 0 radical (unpaired) electrons. The van der Waals surface area contributed by atoms with Gasteiger partial charge in [-0.25, -0.2) is 4.79 Å². The zero-order valence-electron chi connectivity index (χ0n) is 19.7. The SMILES string of the molecule is CC(C)(C)OC(=O)N1CCC2(CC1)Oc1c(ccc3c1CNC3=O)C=C2C1CCC(=O)NC1=O. The lowest BCUT2D eigenvalue weighted by atomic mass is 9.72. The molecule has 1 atom stereocenters. The Morgan fingerprint density at radius 3 is 2.59 bits per heavy atom. The summed E-state index contributed by atoms with van der Waals surface area (Å²) < 4.78 is 12.3. The number of carbonyl (C=O) groups excluding carboxylic acids is 4. The van der Waals surface area contributed by atoms with E-state index in [9.17, 15) is 19.2 Å². The van der Waals surface area contributed by atoms with Gasteiger partial charge in [0, 0.05) is 55.6 Å². The molecule has 4 aliphatic rings. The van der Waals surface area contributed by atoms with Gasteiger partial charge in [0.15, 0.2) is 0 Å². The van der Waals surface area contributed by atoms with E-state index in [1.807, 2.05) is 32.9 Å². The molecule has 0 aliphatic carbocycles. The Morgan fingerprint density at radius 2 is 1.91 bits per heavy atom. The van der Waals surface area contributed by atoms with Gasteiger partial charge >= 0.3 is 6.09 Å². The van der Waals surface area contributed by atoms with Crippen LogP contribution in [0.5, 0.6) is 5.75 Å². The predicted molar refractivity (Wildman–Crippen MR) is 122 cm³/mol. The number of hydrogen-bond donors (Lipinski definition) is 2. The molecule has 9 nitrogen and oxygen atoms in total. The Kier molecular flexibility index (Phi) is 5.18. The largest absolute Gasteiger partial charge is 0.482 e. The molecule has 1 unspecified atom stereocenters. The van der Waals surface area contributed by atoms with Crippen LogP contribution in [0.25, 0.3) is 6.08 Å². The first kappa shape index (κ1) is 22.4. The first-order chi connectivity index (χ1) is 16.1. The normalized spacial score (nSPS) is 23.4. The maximum Gasteiger partial charge on any atom is 0.410 e. The van der Waals surface area contributed by atoms with Crippen LogP contribution < -0.4 is 15.4 Å². The van der Waals surface area contributed by atoms with Crippen molar-refractivity contribution >= 4 is 29.9 Å². The van der Waals surface area contributed by atoms with Crippen molar-refractivity contribution in [3.63, 3.8) is 0 Å². The maximum atomic E-state index is 12.8. The van der Waals surface area contributed by atoms with Crippen molar-refractivity contribution in [2.24, 2.45) is 5.92 Å². The van der Waals surface area contributed by atoms with Crippen LogP contribution in [0.2, 0.25) is 0 Å². The minimum absolute atomic E-state index is 0.129.